The number of pyridine rings is 1. The Labute approximate surface area is 170 Å². The first-order valence-electron chi connectivity index (χ1n) is 9.80. The van der Waals surface area contributed by atoms with Crippen LogP contribution < -0.4 is 20.1 Å². The Morgan fingerprint density at radius 1 is 0.931 bits per heavy atom. The van der Waals surface area contributed by atoms with Crippen LogP contribution in [0.3, 0.4) is 0 Å². The molecule has 29 heavy (non-hydrogen) atoms. The summed E-state index contributed by atoms with van der Waals surface area (Å²) >= 11 is 0. The molecule has 2 heterocycles. The summed E-state index contributed by atoms with van der Waals surface area (Å²) in [6, 6.07) is 11.9. The zero-order valence-corrected chi connectivity index (χ0v) is 16.7. The van der Waals surface area contributed by atoms with E-state index in [0.29, 0.717) is 23.6 Å². The lowest BCUT2D eigenvalue weighted by Crippen LogP contribution is -2.17. The molecule has 2 aromatic heterocycles. The molecule has 0 spiro atoms. The Morgan fingerprint density at radius 3 is 2.45 bits per heavy atom. The van der Waals surface area contributed by atoms with Crippen LogP contribution in [0.1, 0.15) is 25.7 Å². The summed E-state index contributed by atoms with van der Waals surface area (Å²) in [4.78, 5) is 13.5. The SMILES string of the molecule is COc1ccc(Nc2cc(-c3ccncc3)nc(NC3CCCC3)n2)c(OC)c1. The van der Waals surface area contributed by atoms with Gasteiger partial charge in [0.05, 0.1) is 25.6 Å². The van der Waals surface area contributed by atoms with Crippen molar-refractivity contribution in [2.24, 2.45) is 0 Å². The maximum absolute atomic E-state index is 5.50. The van der Waals surface area contributed by atoms with E-state index in [4.69, 9.17) is 19.4 Å². The highest BCUT2D eigenvalue weighted by Gasteiger charge is 2.17. The molecule has 7 heteroatoms. The van der Waals surface area contributed by atoms with E-state index in [2.05, 4.69) is 15.6 Å². The minimum atomic E-state index is 0.422. The van der Waals surface area contributed by atoms with Crippen molar-refractivity contribution < 1.29 is 9.47 Å². The number of hydrogen-bond acceptors (Lipinski definition) is 7. The maximum atomic E-state index is 5.50. The van der Waals surface area contributed by atoms with Gasteiger partial charge in [0.15, 0.2) is 0 Å². The van der Waals surface area contributed by atoms with Gasteiger partial charge in [-0.15, -0.1) is 0 Å². The van der Waals surface area contributed by atoms with Crippen LogP contribution in [-0.2, 0) is 0 Å². The quantitative estimate of drug-likeness (QED) is 0.606. The van der Waals surface area contributed by atoms with Gasteiger partial charge >= 0.3 is 0 Å². The van der Waals surface area contributed by atoms with Crippen LogP contribution >= 0.6 is 0 Å². The smallest absolute Gasteiger partial charge is 0.225 e. The molecule has 1 aromatic carbocycles. The summed E-state index contributed by atoms with van der Waals surface area (Å²) in [6.07, 6.45) is 8.32. The second-order valence-corrected chi connectivity index (χ2v) is 7.01. The average molecular weight is 391 g/mol. The van der Waals surface area contributed by atoms with Gasteiger partial charge in [0.2, 0.25) is 5.95 Å². The fraction of sp³-hybridized carbons (Fsp3) is 0.318. The van der Waals surface area contributed by atoms with Crippen LogP contribution in [0.2, 0.25) is 0 Å². The molecule has 0 unspecified atom stereocenters. The molecular weight excluding hydrogens is 366 g/mol. The molecule has 4 rings (SSSR count). The highest BCUT2D eigenvalue weighted by molar-refractivity contribution is 5.70. The highest BCUT2D eigenvalue weighted by atomic mass is 16.5. The standard InChI is InChI=1S/C22H25N5O2/c1-28-17-7-8-18(20(13-17)29-2)25-21-14-19(15-9-11-23-12-10-15)26-22(27-21)24-16-5-3-4-6-16/h7-14,16H,3-6H2,1-2H3,(H2,24,25,26,27). The van der Waals surface area contributed by atoms with E-state index in [0.717, 1.165) is 35.5 Å². The first-order valence-corrected chi connectivity index (χ1v) is 9.80. The topological polar surface area (TPSA) is 81.2 Å². The summed E-state index contributed by atoms with van der Waals surface area (Å²) < 4.78 is 10.8. The summed E-state index contributed by atoms with van der Waals surface area (Å²) in [5.74, 6) is 2.73. The van der Waals surface area contributed by atoms with Crippen LogP contribution in [0.4, 0.5) is 17.5 Å². The molecule has 0 radical (unpaired) electrons. The first-order chi connectivity index (χ1) is 14.2. The molecule has 1 fully saturated rings. The van der Waals surface area contributed by atoms with Crippen molar-refractivity contribution in [3.63, 3.8) is 0 Å². The number of hydrogen-bond donors (Lipinski definition) is 2. The van der Waals surface area contributed by atoms with E-state index >= 15 is 0 Å². The third-order valence-corrected chi connectivity index (χ3v) is 5.06. The van der Waals surface area contributed by atoms with E-state index in [1.54, 1.807) is 26.6 Å². The van der Waals surface area contributed by atoms with Crippen molar-refractivity contribution in [2.45, 2.75) is 31.7 Å². The van der Waals surface area contributed by atoms with Gasteiger partial charge in [0, 0.05) is 36.1 Å². The highest BCUT2D eigenvalue weighted by Crippen LogP contribution is 2.32. The average Bonchev–Trinajstić information content (AvgIpc) is 3.27. The predicted octanol–water partition coefficient (Wildman–Crippen LogP) is 4.65. The molecule has 0 bridgehead atoms. The minimum Gasteiger partial charge on any atom is -0.497 e. The number of methoxy groups -OCH3 is 2. The fourth-order valence-electron chi connectivity index (χ4n) is 3.54. The van der Waals surface area contributed by atoms with Gasteiger partial charge < -0.3 is 20.1 Å². The van der Waals surface area contributed by atoms with Crippen LogP contribution in [0.15, 0.2) is 48.8 Å². The Bertz CT molecular complexity index is 959. The van der Waals surface area contributed by atoms with E-state index in [-0.39, 0.29) is 0 Å². The van der Waals surface area contributed by atoms with Crippen LogP contribution in [-0.4, -0.2) is 35.2 Å². The largest absolute Gasteiger partial charge is 0.497 e. The number of benzene rings is 1. The Kier molecular flexibility index (Phi) is 5.74. The van der Waals surface area contributed by atoms with E-state index in [1.165, 1.54) is 12.8 Å². The number of aromatic nitrogens is 3. The van der Waals surface area contributed by atoms with E-state index < -0.39 is 0 Å². The number of nitrogens with one attached hydrogen (secondary N) is 2. The van der Waals surface area contributed by atoms with Gasteiger partial charge in [-0.05, 0) is 37.1 Å². The molecule has 150 valence electrons. The van der Waals surface area contributed by atoms with Crippen molar-refractivity contribution >= 4 is 17.5 Å². The van der Waals surface area contributed by atoms with Gasteiger partial charge in [-0.3, -0.25) is 4.98 Å². The van der Waals surface area contributed by atoms with Crippen molar-refractivity contribution in [2.75, 3.05) is 24.9 Å². The van der Waals surface area contributed by atoms with Crippen molar-refractivity contribution in [1.29, 1.82) is 0 Å². The van der Waals surface area contributed by atoms with Crippen LogP contribution in [0, 0.1) is 0 Å². The molecule has 0 atom stereocenters. The Morgan fingerprint density at radius 2 is 1.72 bits per heavy atom. The second-order valence-electron chi connectivity index (χ2n) is 7.01. The lowest BCUT2D eigenvalue weighted by atomic mass is 10.2. The van der Waals surface area contributed by atoms with E-state index in [1.807, 2.05) is 36.4 Å². The molecule has 2 N–H and O–H groups in total. The number of ether oxygens (including phenoxy) is 2. The monoisotopic (exact) mass is 391 g/mol. The van der Waals surface area contributed by atoms with Gasteiger partial charge in [-0.1, -0.05) is 12.8 Å². The zero-order chi connectivity index (χ0) is 20.1. The molecule has 0 amide bonds. The lowest BCUT2D eigenvalue weighted by molar-refractivity contribution is 0.395. The molecule has 1 aliphatic carbocycles. The van der Waals surface area contributed by atoms with Gasteiger partial charge in [-0.25, -0.2) is 4.98 Å². The minimum absolute atomic E-state index is 0.422. The maximum Gasteiger partial charge on any atom is 0.225 e. The first kappa shape index (κ1) is 19.0. The third-order valence-electron chi connectivity index (χ3n) is 5.06. The third kappa shape index (κ3) is 4.56. The summed E-state index contributed by atoms with van der Waals surface area (Å²) in [5.41, 5.74) is 2.62. The zero-order valence-electron chi connectivity index (χ0n) is 16.7. The molecular formula is C22H25N5O2. The Hall–Kier alpha value is -3.35. The number of anilines is 3. The van der Waals surface area contributed by atoms with Crippen LogP contribution in [0.5, 0.6) is 11.5 Å². The van der Waals surface area contributed by atoms with Gasteiger partial charge in [0.1, 0.15) is 17.3 Å². The Balaban J connectivity index is 1.68. The van der Waals surface area contributed by atoms with Gasteiger partial charge in [0.25, 0.3) is 0 Å². The molecule has 1 aliphatic rings. The predicted molar refractivity (Wildman–Crippen MR) is 114 cm³/mol. The number of rotatable bonds is 7. The number of nitrogens with zero attached hydrogens (tertiary/aromatic N) is 3. The second kappa shape index (κ2) is 8.77. The normalized spacial score (nSPS) is 13.9. The fourth-order valence-corrected chi connectivity index (χ4v) is 3.54. The summed E-state index contributed by atoms with van der Waals surface area (Å²) in [6.45, 7) is 0. The van der Waals surface area contributed by atoms with Crippen molar-refractivity contribution in [3.05, 3.63) is 48.8 Å². The molecule has 7 nitrogen and oxygen atoms in total. The van der Waals surface area contributed by atoms with Crippen LogP contribution in [0.25, 0.3) is 11.3 Å². The summed E-state index contributed by atoms with van der Waals surface area (Å²) in [5, 5.41) is 6.86. The molecule has 0 saturated heterocycles. The molecule has 0 aliphatic heterocycles. The van der Waals surface area contributed by atoms with Gasteiger partial charge in [-0.2, -0.15) is 4.98 Å². The lowest BCUT2D eigenvalue weighted by Gasteiger charge is -2.16. The molecule has 1 saturated carbocycles. The van der Waals surface area contributed by atoms with Crippen molar-refractivity contribution in [3.8, 4) is 22.8 Å². The van der Waals surface area contributed by atoms with E-state index in [9.17, 15) is 0 Å². The van der Waals surface area contributed by atoms with Crippen molar-refractivity contribution in [1.82, 2.24) is 15.0 Å². The summed E-state index contributed by atoms with van der Waals surface area (Å²) in [7, 11) is 3.27. The molecule has 3 aromatic rings.